The van der Waals surface area contributed by atoms with Crippen molar-refractivity contribution < 1.29 is 4.79 Å². The molecular formula is C23H30ClN3O. The van der Waals surface area contributed by atoms with Gasteiger partial charge in [-0.25, -0.2) is 0 Å². The molecule has 1 fully saturated rings. The smallest absolute Gasteiger partial charge is 0.253 e. The molecule has 0 bridgehead atoms. The molecule has 1 aliphatic rings. The van der Waals surface area contributed by atoms with Crippen LogP contribution in [0.25, 0.3) is 0 Å². The predicted octanol–water partition coefficient (Wildman–Crippen LogP) is 5.06. The Morgan fingerprint density at radius 1 is 0.964 bits per heavy atom. The number of hydrogen-bond acceptors (Lipinski definition) is 3. The molecular weight excluding hydrogens is 370 g/mol. The van der Waals surface area contributed by atoms with Crippen molar-refractivity contribution in [2.24, 2.45) is 0 Å². The highest BCUT2D eigenvalue weighted by Crippen LogP contribution is 2.26. The lowest BCUT2D eigenvalue weighted by molar-refractivity contribution is 0.0954. The second-order valence-corrected chi connectivity index (χ2v) is 7.95. The molecule has 28 heavy (non-hydrogen) atoms. The van der Waals surface area contributed by atoms with Gasteiger partial charge >= 0.3 is 0 Å². The van der Waals surface area contributed by atoms with Crippen LogP contribution in [0.2, 0.25) is 5.02 Å². The first-order valence-corrected chi connectivity index (χ1v) is 10.7. The monoisotopic (exact) mass is 399 g/mol. The molecule has 150 valence electrons. The third-order valence-corrected chi connectivity index (χ3v) is 5.56. The number of nitrogen functional groups attached to an aromatic ring is 1. The molecule has 0 radical (unpaired) electrons. The third-order valence-electron chi connectivity index (χ3n) is 5.33. The SMILES string of the molecule is Nc1ccc(CCNC(=O)c2cc(Cl)ccc2N2CCCCCCCC2)cc1. The number of amides is 1. The van der Waals surface area contributed by atoms with Crippen LogP contribution in [0.15, 0.2) is 42.5 Å². The first kappa shape index (κ1) is 20.5. The van der Waals surface area contributed by atoms with E-state index in [0.29, 0.717) is 17.1 Å². The van der Waals surface area contributed by atoms with Crippen LogP contribution in [-0.2, 0) is 6.42 Å². The van der Waals surface area contributed by atoms with Crippen LogP contribution in [0.3, 0.4) is 0 Å². The van der Waals surface area contributed by atoms with Crippen LogP contribution in [0.1, 0.15) is 54.4 Å². The van der Waals surface area contributed by atoms with E-state index in [-0.39, 0.29) is 5.91 Å². The van der Waals surface area contributed by atoms with Crippen molar-refractivity contribution in [2.75, 3.05) is 30.3 Å². The quantitative estimate of drug-likeness (QED) is 0.691. The highest BCUT2D eigenvalue weighted by atomic mass is 35.5. The standard InChI is InChI=1S/C23H30ClN3O/c24-19-9-12-22(27-15-5-3-1-2-4-6-16-27)21(17-19)23(28)26-14-13-18-7-10-20(25)11-8-18/h7-12,17H,1-6,13-16,25H2,(H,26,28). The number of carbonyl (C=O) groups is 1. The Bertz CT molecular complexity index is 766. The molecule has 0 aliphatic carbocycles. The van der Waals surface area contributed by atoms with E-state index in [1.54, 1.807) is 6.07 Å². The van der Waals surface area contributed by atoms with E-state index in [9.17, 15) is 4.79 Å². The van der Waals surface area contributed by atoms with Crippen molar-refractivity contribution in [3.63, 3.8) is 0 Å². The van der Waals surface area contributed by atoms with Gasteiger partial charge in [-0.15, -0.1) is 0 Å². The molecule has 5 heteroatoms. The van der Waals surface area contributed by atoms with Crippen LogP contribution in [0, 0.1) is 0 Å². The van der Waals surface area contributed by atoms with E-state index in [2.05, 4.69) is 10.2 Å². The zero-order valence-electron chi connectivity index (χ0n) is 16.4. The summed E-state index contributed by atoms with van der Waals surface area (Å²) < 4.78 is 0. The van der Waals surface area contributed by atoms with E-state index in [4.69, 9.17) is 17.3 Å². The van der Waals surface area contributed by atoms with Crippen molar-refractivity contribution in [3.8, 4) is 0 Å². The molecule has 0 unspecified atom stereocenters. The molecule has 1 aliphatic heterocycles. The number of nitrogens with zero attached hydrogens (tertiary/aromatic N) is 1. The largest absolute Gasteiger partial charge is 0.399 e. The maximum Gasteiger partial charge on any atom is 0.253 e. The summed E-state index contributed by atoms with van der Waals surface area (Å²) in [4.78, 5) is 15.3. The zero-order chi connectivity index (χ0) is 19.8. The molecule has 1 amide bonds. The van der Waals surface area contributed by atoms with Crippen LogP contribution < -0.4 is 16.0 Å². The van der Waals surface area contributed by atoms with Gasteiger partial charge in [0.2, 0.25) is 0 Å². The summed E-state index contributed by atoms with van der Waals surface area (Å²) in [5.74, 6) is -0.0622. The fraction of sp³-hybridized carbons (Fsp3) is 0.435. The number of halogens is 1. The Kier molecular flexibility index (Phi) is 7.61. The summed E-state index contributed by atoms with van der Waals surface area (Å²) in [5.41, 5.74) is 9.30. The second kappa shape index (κ2) is 10.4. The van der Waals surface area contributed by atoms with Gasteiger partial charge in [-0.1, -0.05) is 49.4 Å². The summed E-state index contributed by atoms with van der Waals surface area (Å²) in [6.07, 6.45) is 8.24. The summed E-state index contributed by atoms with van der Waals surface area (Å²) in [6.45, 7) is 2.56. The minimum absolute atomic E-state index is 0.0622. The first-order valence-electron chi connectivity index (χ1n) is 10.3. The van der Waals surface area contributed by atoms with Crippen molar-refractivity contribution in [1.29, 1.82) is 0 Å². The Balaban J connectivity index is 1.68. The molecule has 1 saturated heterocycles. The van der Waals surface area contributed by atoms with Crippen molar-refractivity contribution in [1.82, 2.24) is 5.32 Å². The number of benzene rings is 2. The fourth-order valence-electron chi connectivity index (χ4n) is 3.73. The Morgan fingerprint density at radius 3 is 2.29 bits per heavy atom. The van der Waals surface area contributed by atoms with Gasteiger partial charge in [-0.3, -0.25) is 4.79 Å². The van der Waals surface area contributed by atoms with Crippen LogP contribution in [-0.4, -0.2) is 25.5 Å². The van der Waals surface area contributed by atoms with Gasteiger partial charge in [0.15, 0.2) is 0 Å². The number of carbonyl (C=O) groups excluding carboxylic acids is 1. The molecule has 3 rings (SSSR count). The normalized spacial score (nSPS) is 15.4. The lowest BCUT2D eigenvalue weighted by atomic mass is 10.1. The molecule has 0 saturated carbocycles. The van der Waals surface area contributed by atoms with Crippen LogP contribution in [0.5, 0.6) is 0 Å². The molecule has 2 aromatic carbocycles. The number of anilines is 2. The number of rotatable bonds is 5. The van der Waals surface area contributed by atoms with Crippen molar-refractivity contribution in [2.45, 2.75) is 44.9 Å². The zero-order valence-corrected chi connectivity index (χ0v) is 17.2. The van der Waals surface area contributed by atoms with Crippen molar-refractivity contribution >= 4 is 28.9 Å². The highest BCUT2D eigenvalue weighted by Gasteiger charge is 2.17. The van der Waals surface area contributed by atoms with E-state index in [1.165, 1.54) is 38.5 Å². The molecule has 2 aromatic rings. The van der Waals surface area contributed by atoms with Gasteiger partial charge in [0.1, 0.15) is 0 Å². The van der Waals surface area contributed by atoms with Gasteiger partial charge in [0, 0.05) is 36.0 Å². The maximum atomic E-state index is 12.9. The Hall–Kier alpha value is -2.20. The summed E-state index contributed by atoms with van der Waals surface area (Å²) in [7, 11) is 0. The van der Waals surface area contributed by atoms with Crippen LogP contribution in [0.4, 0.5) is 11.4 Å². The minimum Gasteiger partial charge on any atom is -0.399 e. The molecule has 4 nitrogen and oxygen atoms in total. The highest BCUT2D eigenvalue weighted by molar-refractivity contribution is 6.31. The van der Waals surface area contributed by atoms with Gasteiger partial charge < -0.3 is 16.0 Å². The molecule has 0 aromatic heterocycles. The van der Waals surface area contributed by atoms with Gasteiger partial charge in [-0.2, -0.15) is 0 Å². The average Bonchev–Trinajstić information content (AvgIpc) is 2.83. The maximum absolute atomic E-state index is 12.9. The molecule has 1 heterocycles. The van der Waals surface area contributed by atoms with E-state index < -0.39 is 0 Å². The van der Waals surface area contributed by atoms with E-state index >= 15 is 0 Å². The van der Waals surface area contributed by atoms with Gasteiger partial charge in [-0.05, 0) is 55.2 Å². The third kappa shape index (κ3) is 5.90. The van der Waals surface area contributed by atoms with E-state index in [0.717, 1.165) is 36.4 Å². The topological polar surface area (TPSA) is 58.4 Å². The summed E-state index contributed by atoms with van der Waals surface area (Å²) in [6, 6.07) is 13.4. The second-order valence-electron chi connectivity index (χ2n) is 7.52. The lowest BCUT2D eigenvalue weighted by Crippen LogP contribution is -2.31. The number of nitrogens with one attached hydrogen (secondary N) is 1. The Labute approximate surface area is 173 Å². The number of nitrogens with two attached hydrogens (primary N) is 1. The van der Waals surface area contributed by atoms with Gasteiger partial charge in [0.05, 0.1) is 5.56 Å². The molecule has 0 spiro atoms. The molecule has 0 atom stereocenters. The van der Waals surface area contributed by atoms with E-state index in [1.807, 2.05) is 36.4 Å². The predicted molar refractivity (Wildman–Crippen MR) is 118 cm³/mol. The lowest BCUT2D eigenvalue weighted by Gasteiger charge is -2.26. The first-order chi connectivity index (χ1) is 13.6. The fourth-order valence-corrected chi connectivity index (χ4v) is 3.90. The average molecular weight is 400 g/mol. The van der Waals surface area contributed by atoms with Crippen molar-refractivity contribution in [3.05, 3.63) is 58.6 Å². The molecule has 3 N–H and O–H groups in total. The summed E-state index contributed by atoms with van der Waals surface area (Å²) >= 11 is 6.22. The number of hydrogen-bond donors (Lipinski definition) is 2. The van der Waals surface area contributed by atoms with Crippen LogP contribution >= 0.6 is 11.6 Å². The minimum atomic E-state index is -0.0622. The Morgan fingerprint density at radius 2 is 1.61 bits per heavy atom. The van der Waals surface area contributed by atoms with Gasteiger partial charge in [0.25, 0.3) is 5.91 Å². The summed E-state index contributed by atoms with van der Waals surface area (Å²) in [5, 5.41) is 3.65.